The molecule has 0 aliphatic carbocycles. The van der Waals surface area contributed by atoms with Crippen LogP contribution in [-0.4, -0.2) is 30.6 Å². The molecule has 18 heavy (non-hydrogen) atoms. The number of nitrogens with zero attached hydrogens (tertiary/aromatic N) is 2. The van der Waals surface area contributed by atoms with Gasteiger partial charge in [0.2, 0.25) is 0 Å². The topological polar surface area (TPSA) is 58.4 Å². The largest absolute Gasteiger partial charge is 0.360 e. The smallest absolute Gasteiger partial charge is 0.292 e. The van der Waals surface area contributed by atoms with E-state index in [1.807, 2.05) is 19.1 Å². The standard InChI is InChI=1S/C13H19N3O2/c1-3-6-15(11-8-14-9-11)12-5-4-10(2)7-13(12)16(17)18/h4-5,7,11,14H,3,6,8-9H2,1-2H3. The molecule has 1 saturated heterocycles. The molecule has 0 atom stereocenters. The molecule has 1 N–H and O–H groups in total. The highest BCUT2D eigenvalue weighted by Gasteiger charge is 2.28. The molecular formula is C13H19N3O2. The first-order valence-electron chi connectivity index (χ1n) is 6.36. The lowest BCUT2D eigenvalue weighted by molar-refractivity contribution is -0.384. The van der Waals surface area contributed by atoms with Crippen molar-refractivity contribution in [2.24, 2.45) is 0 Å². The number of hydrogen-bond acceptors (Lipinski definition) is 4. The van der Waals surface area contributed by atoms with E-state index in [2.05, 4.69) is 17.1 Å². The lowest BCUT2D eigenvalue weighted by Gasteiger charge is -2.39. The van der Waals surface area contributed by atoms with Crippen LogP contribution in [-0.2, 0) is 0 Å². The van der Waals surface area contributed by atoms with E-state index in [1.165, 1.54) is 0 Å². The van der Waals surface area contributed by atoms with Gasteiger partial charge in [-0.3, -0.25) is 10.1 Å². The molecule has 0 amide bonds. The van der Waals surface area contributed by atoms with Crippen LogP contribution in [0.15, 0.2) is 18.2 Å². The molecule has 0 radical (unpaired) electrons. The minimum atomic E-state index is -0.281. The lowest BCUT2D eigenvalue weighted by Crippen LogP contribution is -2.57. The Hall–Kier alpha value is -1.62. The summed E-state index contributed by atoms with van der Waals surface area (Å²) in [6, 6.07) is 5.86. The Bertz CT molecular complexity index is 444. The van der Waals surface area contributed by atoms with Gasteiger partial charge in [0.05, 0.1) is 11.0 Å². The van der Waals surface area contributed by atoms with E-state index >= 15 is 0 Å². The second kappa shape index (κ2) is 5.35. The summed E-state index contributed by atoms with van der Waals surface area (Å²) in [6.07, 6.45) is 0.988. The monoisotopic (exact) mass is 249 g/mol. The SMILES string of the molecule is CCCN(c1ccc(C)cc1[N+](=O)[O-])C1CNC1. The van der Waals surface area contributed by atoms with Crippen molar-refractivity contribution >= 4 is 11.4 Å². The zero-order valence-corrected chi connectivity index (χ0v) is 10.8. The van der Waals surface area contributed by atoms with E-state index < -0.39 is 0 Å². The highest BCUT2D eigenvalue weighted by molar-refractivity contribution is 5.65. The number of anilines is 1. The maximum Gasteiger partial charge on any atom is 0.292 e. The van der Waals surface area contributed by atoms with Gasteiger partial charge in [-0.1, -0.05) is 13.0 Å². The van der Waals surface area contributed by atoms with Crippen LogP contribution in [0.1, 0.15) is 18.9 Å². The summed E-state index contributed by atoms with van der Waals surface area (Å²) in [5.74, 6) is 0. The normalized spacial score (nSPS) is 15.2. The third-order valence-corrected chi connectivity index (χ3v) is 3.30. The van der Waals surface area contributed by atoms with Gasteiger partial charge in [0.25, 0.3) is 5.69 Å². The summed E-state index contributed by atoms with van der Waals surface area (Å²) < 4.78 is 0. The molecule has 1 aromatic rings. The van der Waals surface area contributed by atoms with Crippen LogP contribution < -0.4 is 10.2 Å². The Balaban J connectivity index is 2.36. The zero-order valence-electron chi connectivity index (χ0n) is 10.8. The van der Waals surface area contributed by atoms with Gasteiger partial charge >= 0.3 is 0 Å². The van der Waals surface area contributed by atoms with Gasteiger partial charge < -0.3 is 10.2 Å². The summed E-state index contributed by atoms with van der Waals surface area (Å²) in [6.45, 7) is 6.65. The van der Waals surface area contributed by atoms with Gasteiger partial charge in [-0.15, -0.1) is 0 Å². The van der Waals surface area contributed by atoms with Crippen LogP contribution in [0.25, 0.3) is 0 Å². The maximum atomic E-state index is 11.2. The molecule has 0 bridgehead atoms. The molecule has 0 saturated carbocycles. The van der Waals surface area contributed by atoms with E-state index in [9.17, 15) is 10.1 Å². The fourth-order valence-electron chi connectivity index (χ4n) is 2.26. The van der Waals surface area contributed by atoms with Crippen LogP contribution in [0, 0.1) is 17.0 Å². The van der Waals surface area contributed by atoms with E-state index in [-0.39, 0.29) is 10.6 Å². The molecule has 1 fully saturated rings. The summed E-state index contributed by atoms with van der Waals surface area (Å²) in [7, 11) is 0. The van der Waals surface area contributed by atoms with Gasteiger partial charge in [0, 0.05) is 25.7 Å². The number of nitro groups is 1. The van der Waals surface area contributed by atoms with Gasteiger partial charge in [-0.25, -0.2) is 0 Å². The van der Waals surface area contributed by atoms with Crippen LogP contribution in [0.2, 0.25) is 0 Å². The number of aryl methyl sites for hydroxylation is 1. The van der Waals surface area contributed by atoms with Crippen molar-refractivity contribution in [3.63, 3.8) is 0 Å². The Morgan fingerprint density at radius 2 is 2.22 bits per heavy atom. The van der Waals surface area contributed by atoms with Gasteiger partial charge in [0.1, 0.15) is 5.69 Å². The summed E-state index contributed by atoms with van der Waals surface area (Å²) in [5, 5.41) is 14.4. The maximum absolute atomic E-state index is 11.2. The Morgan fingerprint density at radius 3 is 2.72 bits per heavy atom. The molecule has 1 heterocycles. The number of benzene rings is 1. The number of nitrogens with one attached hydrogen (secondary N) is 1. The summed E-state index contributed by atoms with van der Waals surface area (Å²) >= 11 is 0. The van der Waals surface area contributed by atoms with Crippen molar-refractivity contribution < 1.29 is 4.92 Å². The average molecular weight is 249 g/mol. The fraction of sp³-hybridized carbons (Fsp3) is 0.538. The molecule has 5 heteroatoms. The van der Waals surface area contributed by atoms with Crippen LogP contribution in [0.4, 0.5) is 11.4 Å². The van der Waals surface area contributed by atoms with Crippen molar-refractivity contribution in [2.45, 2.75) is 26.3 Å². The molecule has 1 aliphatic heterocycles. The number of rotatable bonds is 5. The van der Waals surface area contributed by atoms with Crippen molar-refractivity contribution in [1.29, 1.82) is 0 Å². The van der Waals surface area contributed by atoms with Crippen molar-refractivity contribution in [2.75, 3.05) is 24.5 Å². The molecule has 0 spiro atoms. The van der Waals surface area contributed by atoms with Crippen molar-refractivity contribution in [1.82, 2.24) is 5.32 Å². The molecule has 1 aromatic carbocycles. The van der Waals surface area contributed by atoms with Crippen molar-refractivity contribution in [3.8, 4) is 0 Å². The van der Waals surface area contributed by atoms with E-state index in [0.29, 0.717) is 6.04 Å². The Kier molecular flexibility index (Phi) is 3.81. The Morgan fingerprint density at radius 1 is 1.50 bits per heavy atom. The molecule has 0 aromatic heterocycles. The van der Waals surface area contributed by atoms with Crippen LogP contribution in [0.3, 0.4) is 0 Å². The predicted octanol–water partition coefficient (Wildman–Crippen LogP) is 2.09. The zero-order chi connectivity index (χ0) is 13.1. The molecule has 2 rings (SSSR count). The first kappa shape index (κ1) is 12.8. The minimum absolute atomic E-state index is 0.218. The van der Waals surface area contributed by atoms with Crippen LogP contribution in [0.5, 0.6) is 0 Å². The third-order valence-electron chi connectivity index (χ3n) is 3.30. The van der Waals surface area contributed by atoms with Crippen molar-refractivity contribution in [3.05, 3.63) is 33.9 Å². The van der Waals surface area contributed by atoms with Gasteiger partial charge in [0.15, 0.2) is 0 Å². The Labute approximate surface area is 107 Å². The molecule has 5 nitrogen and oxygen atoms in total. The number of nitro benzene ring substituents is 1. The van der Waals surface area contributed by atoms with E-state index in [1.54, 1.807) is 6.07 Å². The second-order valence-corrected chi connectivity index (χ2v) is 4.75. The summed E-state index contributed by atoms with van der Waals surface area (Å²) in [5.41, 5.74) is 1.89. The fourth-order valence-corrected chi connectivity index (χ4v) is 2.26. The summed E-state index contributed by atoms with van der Waals surface area (Å²) in [4.78, 5) is 13.1. The molecule has 98 valence electrons. The predicted molar refractivity (Wildman–Crippen MR) is 72.1 cm³/mol. The van der Waals surface area contributed by atoms with Crippen LogP contribution >= 0.6 is 0 Å². The quantitative estimate of drug-likeness (QED) is 0.641. The lowest BCUT2D eigenvalue weighted by atomic mass is 10.1. The molecule has 1 aliphatic rings. The van der Waals surface area contributed by atoms with Gasteiger partial charge in [-0.05, 0) is 25.0 Å². The second-order valence-electron chi connectivity index (χ2n) is 4.75. The highest BCUT2D eigenvalue weighted by atomic mass is 16.6. The first-order chi connectivity index (χ1) is 8.63. The first-order valence-corrected chi connectivity index (χ1v) is 6.36. The van der Waals surface area contributed by atoms with E-state index in [4.69, 9.17) is 0 Å². The van der Waals surface area contributed by atoms with Gasteiger partial charge in [-0.2, -0.15) is 0 Å². The average Bonchev–Trinajstić information content (AvgIpc) is 2.26. The molecular weight excluding hydrogens is 230 g/mol. The highest BCUT2D eigenvalue weighted by Crippen LogP contribution is 2.31. The minimum Gasteiger partial charge on any atom is -0.360 e. The number of hydrogen-bond donors (Lipinski definition) is 1. The van der Waals surface area contributed by atoms with E-state index in [0.717, 1.165) is 37.3 Å². The third kappa shape index (κ3) is 2.46. The molecule has 0 unspecified atom stereocenters.